The first-order valence-electron chi connectivity index (χ1n) is 8.44. The fraction of sp³-hybridized carbons (Fsp3) is 0.556. The second-order valence-electron chi connectivity index (χ2n) is 7.07. The number of ether oxygens (including phenoxy) is 2. The van der Waals surface area contributed by atoms with E-state index in [2.05, 4.69) is 26.1 Å². The zero-order valence-corrected chi connectivity index (χ0v) is 17.5. The van der Waals surface area contributed by atoms with Crippen LogP contribution in [0.3, 0.4) is 0 Å². The van der Waals surface area contributed by atoms with Gasteiger partial charge in [0.1, 0.15) is 12.0 Å². The number of alkyl halides is 2. The highest BCUT2D eigenvalue weighted by Gasteiger charge is 2.34. The lowest BCUT2D eigenvalue weighted by molar-refractivity contribution is -0.156. The van der Waals surface area contributed by atoms with Gasteiger partial charge in [0.2, 0.25) is 0 Å². The van der Waals surface area contributed by atoms with E-state index >= 15 is 0 Å². The zero-order valence-electron chi connectivity index (χ0n) is 15.2. The molecule has 0 spiro atoms. The number of nitrogens with one attached hydrogen (secondary N) is 1. The molecule has 1 heterocycles. The predicted octanol–water partition coefficient (Wildman–Crippen LogP) is 3.27. The van der Waals surface area contributed by atoms with Crippen LogP contribution in [0.5, 0.6) is 0 Å². The molecule has 0 saturated carbocycles. The van der Waals surface area contributed by atoms with E-state index < -0.39 is 21.5 Å². The number of hydrogen-bond acceptors (Lipinski definition) is 6. The number of nitrogens with zero attached hydrogens (tertiary/aromatic N) is 1. The molecule has 1 aromatic rings. The van der Waals surface area contributed by atoms with Crippen LogP contribution in [0.1, 0.15) is 37.6 Å². The van der Waals surface area contributed by atoms with Gasteiger partial charge >= 0.3 is 11.9 Å². The van der Waals surface area contributed by atoms with E-state index in [0.717, 1.165) is 31.9 Å². The molecule has 1 aliphatic rings. The number of hydrogen-bond donors (Lipinski definition) is 1. The highest BCUT2D eigenvalue weighted by molar-refractivity contribution is 9.10. The molecule has 1 saturated heterocycles. The summed E-state index contributed by atoms with van der Waals surface area (Å²) in [5.41, 5.74) is 0.770. The molecule has 144 valence electrons. The Balaban J connectivity index is 1.94. The number of carbonyl (C=O) groups is 2. The lowest BCUT2D eigenvalue weighted by atomic mass is 10.2. The molecule has 0 bridgehead atoms. The van der Waals surface area contributed by atoms with Crippen molar-refractivity contribution in [2.24, 2.45) is 0 Å². The van der Waals surface area contributed by atoms with Crippen LogP contribution in [-0.4, -0.2) is 47.7 Å². The van der Waals surface area contributed by atoms with Crippen molar-refractivity contribution in [2.75, 3.05) is 31.1 Å². The molecule has 0 amide bonds. The number of rotatable bonds is 5. The molecule has 1 aromatic carbocycles. The van der Waals surface area contributed by atoms with Crippen LogP contribution in [-0.2, 0) is 14.3 Å². The van der Waals surface area contributed by atoms with Crippen LogP contribution in [0.4, 0.5) is 5.69 Å². The summed E-state index contributed by atoms with van der Waals surface area (Å²) in [5.74, 6) is -1.18. The molecule has 1 unspecified atom stereocenters. The minimum absolute atomic E-state index is 0.309. The van der Waals surface area contributed by atoms with Crippen molar-refractivity contribution in [1.82, 2.24) is 5.32 Å². The van der Waals surface area contributed by atoms with Crippen LogP contribution < -0.4 is 10.2 Å². The molecular weight excluding hydrogens is 424 g/mol. The van der Waals surface area contributed by atoms with Crippen LogP contribution in [0, 0.1) is 0 Å². The number of piperazine rings is 1. The van der Waals surface area contributed by atoms with Gasteiger partial charge in [0.25, 0.3) is 3.97 Å². The standard InChI is InChI=1S/C18H24BrClN2O4/c1-17(2,3)25-15(23)12-18(19,20)26-16(24)13-4-6-14(7-5-13)22-10-8-21-9-11-22/h4-7,21H,8-12H2,1-3H3. The van der Waals surface area contributed by atoms with E-state index in [9.17, 15) is 9.59 Å². The quantitative estimate of drug-likeness (QED) is 0.552. The van der Waals surface area contributed by atoms with Crippen molar-refractivity contribution in [3.63, 3.8) is 0 Å². The van der Waals surface area contributed by atoms with Gasteiger partial charge in [-0.25, -0.2) is 4.79 Å². The fourth-order valence-corrected chi connectivity index (χ4v) is 3.06. The van der Waals surface area contributed by atoms with Gasteiger partial charge in [-0.3, -0.25) is 4.79 Å². The van der Waals surface area contributed by atoms with Gasteiger partial charge in [0.05, 0.1) is 5.56 Å². The van der Waals surface area contributed by atoms with Gasteiger partial charge in [-0.05, 0) is 61.0 Å². The van der Waals surface area contributed by atoms with E-state index in [1.807, 2.05) is 12.1 Å². The van der Waals surface area contributed by atoms with Crippen molar-refractivity contribution in [3.05, 3.63) is 29.8 Å². The molecule has 1 fully saturated rings. The van der Waals surface area contributed by atoms with Crippen molar-refractivity contribution < 1.29 is 19.1 Å². The molecule has 1 atom stereocenters. The number of carbonyl (C=O) groups excluding carboxylic acids is 2. The predicted molar refractivity (Wildman–Crippen MR) is 105 cm³/mol. The molecule has 1 aliphatic heterocycles. The van der Waals surface area contributed by atoms with Gasteiger partial charge in [-0.2, -0.15) is 0 Å². The minimum atomic E-state index is -1.65. The Labute approximate surface area is 167 Å². The Kier molecular flexibility index (Phi) is 6.93. The summed E-state index contributed by atoms with van der Waals surface area (Å²) in [7, 11) is 0. The molecule has 6 nitrogen and oxygen atoms in total. The van der Waals surface area contributed by atoms with Crippen LogP contribution >= 0.6 is 27.5 Å². The highest BCUT2D eigenvalue weighted by Crippen LogP contribution is 2.32. The third-order valence-corrected chi connectivity index (χ3v) is 4.25. The molecule has 8 heteroatoms. The summed E-state index contributed by atoms with van der Waals surface area (Å²) in [6.07, 6.45) is -0.309. The van der Waals surface area contributed by atoms with Crippen molar-refractivity contribution in [1.29, 1.82) is 0 Å². The summed E-state index contributed by atoms with van der Waals surface area (Å²) in [4.78, 5) is 26.4. The molecule has 26 heavy (non-hydrogen) atoms. The first-order valence-corrected chi connectivity index (χ1v) is 9.62. The highest BCUT2D eigenvalue weighted by atomic mass is 79.9. The van der Waals surface area contributed by atoms with Crippen molar-refractivity contribution in [2.45, 2.75) is 36.8 Å². The van der Waals surface area contributed by atoms with Crippen LogP contribution in [0.25, 0.3) is 0 Å². The van der Waals surface area contributed by atoms with E-state index in [0.29, 0.717) is 5.56 Å². The molecular formula is C18H24BrClN2O4. The Bertz CT molecular complexity index is 638. The van der Waals surface area contributed by atoms with E-state index in [-0.39, 0.29) is 6.42 Å². The van der Waals surface area contributed by atoms with E-state index in [1.165, 1.54) is 0 Å². The lowest BCUT2D eigenvalue weighted by Gasteiger charge is -2.29. The zero-order chi connectivity index (χ0) is 19.4. The Hall–Kier alpha value is -1.31. The second kappa shape index (κ2) is 8.59. The van der Waals surface area contributed by atoms with Gasteiger partial charge in [-0.1, -0.05) is 11.6 Å². The number of esters is 2. The molecule has 0 aromatic heterocycles. The lowest BCUT2D eigenvalue weighted by Crippen LogP contribution is -2.43. The first kappa shape index (κ1) is 21.0. The van der Waals surface area contributed by atoms with E-state index in [4.69, 9.17) is 21.1 Å². The summed E-state index contributed by atoms with van der Waals surface area (Å²) in [6, 6.07) is 7.13. The average molecular weight is 448 g/mol. The maximum absolute atomic E-state index is 12.3. The minimum Gasteiger partial charge on any atom is -0.460 e. The summed E-state index contributed by atoms with van der Waals surface area (Å²) in [5, 5.41) is 3.30. The van der Waals surface area contributed by atoms with Gasteiger partial charge < -0.3 is 19.7 Å². The largest absolute Gasteiger partial charge is 0.460 e. The van der Waals surface area contributed by atoms with Crippen LogP contribution in [0.2, 0.25) is 0 Å². The molecule has 2 rings (SSSR count). The van der Waals surface area contributed by atoms with E-state index in [1.54, 1.807) is 32.9 Å². The molecule has 0 aliphatic carbocycles. The molecule has 1 N–H and O–H groups in total. The summed E-state index contributed by atoms with van der Waals surface area (Å²) in [6.45, 7) is 8.97. The third-order valence-electron chi connectivity index (χ3n) is 3.60. The maximum Gasteiger partial charge on any atom is 0.340 e. The number of benzene rings is 1. The van der Waals surface area contributed by atoms with Crippen molar-refractivity contribution >= 4 is 45.2 Å². The third kappa shape index (κ3) is 6.78. The SMILES string of the molecule is CC(C)(C)OC(=O)CC(Cl)(Br)OC(=O)c1ccc(N2CCNCC2)cc1. The van der Waals surface area contributed by atoms with Gasteiger partial charge in [-0.15, -0.1) is 0 Å². The number of halogens is 2. The Morgan fingerprint density at radius 1 is 1.15 bits per heavy atom. The first-order chi connectivity index (χ1) is 12.1. The average Bonchev–Trinajstić information content (AvgIpc) is 2.53. The van der Waals surface area contributed by atoms with Crippen molar-refractivity contribution in [3.8, 4) is 0 Å². The fourth-order valence-electron chi connectivity index (χ4n) is 2.51. The monoisotopic (exact) mass is 446 g/mol. The summed E-state index contributed by atoms with van der Waals surface area (Å²) < 4.78 is 8.75. The smallest absolute Gasteiger partial charge is 0.340 e. The maximum atomic E-state index is 12.3. The molecule has 0 radical (unpaired) electrons. The Morgan fingerprint density at radius 2 is 1.73 bits per heavy atom. The summed E-state index contributed by atoms with van der Waals surface area (Å²) >= 11 is 9.19. The topological polar surface area (TPSA) is 67.9 Å². The Morgan fingerprint density at radius 3 is 2.27 bits per heavy atom. The van der Waals surface area contributed by atoms with Gasteiger partial charge in [0, 0.05) is 31.9 Å². The normalized spacial score (nSPS) is 17.3. The van der Waals surface area contributed by atoms with Gasteiger partial charge in [0.15, 0.2) is 0 Å². The van der Waals surface area contributed by atoms with Crippen LogP contribution in [0.15, 0.2) is 24.3 Å². The second-order valence-corrected chi connectivity index (χ2v) is 9.42. The number of anilines is 1.